The van der Waals surface area contributed by atoms with Crippen LogP contribution < -0.4 is 4.57 Å². The molecule has 0 aliphatic rings. The molecule has 0 saturated carbocycles. The van der Waals surface area contributed by atoms with Crippen LogP contribution in [0.25, 0.3) is 0 Å². The smallest absolute Gasteiger partial charge is 0.171 e. The third kappa shape index (κ3) is 14.7. The number of nitrogens with zero attached hydrogens (tertiary/aromatic N) is 1. The van der Waals surface area contributed by atoms with Crippen molar-refractivity contribution in [2.45, 2.75) is 149 Å². The van der Waals surface area contributed by atoms with E-state index in [1.807, 2.05) is 0 Å². The minimum Gasteiger partial charge on any atom is -0.205 e. The summed E-state index contributed by atoms with van der Waals surface area (Å²) in [7, 11) is 0. The van der Waals surface area contributed by atoms with Gasteiger partial charge in [-0.05, 0) is 38.2 Å². The molecule has 0 radical (unpaired) electrons. The van der Waals surface area contributed by atoms with Crippen LogP contribution in [0.2, 0.25) is 0 Å². The first-order valence-electron chi connectivity index (χ1n) is 13.3. The van der Waals surface area contributed by atoms with Gasteiger partial charge < -0.3 is 0 Å². The second-order valence-electron chi connectivity index (χ2n) is 9.24. The number of hydrogen-bond donors (Lipinski definition) is 0. The molecule has 29 heavy (non-hydrogen) atoms. The zero-order valence-corrected chi connectivity index (χ0v) is 20.3. The molecule has 0 fully saturated rings. The highest BCUT2D eigenvalue weighted by atomic mass is 14.9. The molecular formula is C28H52N+. The van der Waals surface area contributed by atoms with Gasteiger partial charge in [-0.3, -0.25) is 0 Å². The van der Waals surface area contributed by atoms with Crippen molar-refractivity contribution in [2.24, 2.45) is 0 Å². The number of pyridine rings is 1. The van der Waals surface area contributed by atoms with Crippen molar-refractivity contribution in [3.63, 3.8) is 0 Å². The fourth-order valence-corrected chi connectivity index (χ4v) is 4.25. The third-order valence-electron chi connectivity index (χ3n) is 6.19. The van der Waals surface area contributed by atoms with Crippen LogP contribution in [0.4, 0.5) is 0 Å². The van der Waals surface area contributed by atoms with Gasteiger partial charge in [0.25, 0.3) is 0 Å². The van der Waals surface area contributed by atoms with E-state index in [0.717, 1.165) is 0 Å². The molecule has 0 saturated heterocycles. The summed E-state index contributed by atoms with van der Waals surface area (Å²) < 4.78 is 2.49. The molecule has 0 aliphatic heterocycles. The van der Waals surface area contributed by atoms with E-state index in [-0.39, 0.29) is 0 Å². The highest BCUT2D eigenvalue weighted by molar-refractivity contribution is 5.15. The van der Waals surface area contributed by atoms with Gasteiger partial charge >= 0.3 is 0 Å². The maximum atomic E-state index is 2.49. The number of hydrogen-bond acceptors (Lipinski definition) is 0. The summed E-state index contributed by atoms with van der Waals surface area (Å²) in [6.07, 6.45) is 31.2. The van der Waals surface area contributed by atoms with Crippen molar-refractivity contribution in [1.29, 1.82) is 0 Å². The standard InChI is InChI=1S/C28H52N/c1-4-7-10-11-12-13-14-15-16-17-18-19-20-23-29-25-27(21-8-5-2)24-28(26-29)22-9-6-3/h24-26H,4-23H2,1-3H3/q+1. The Hall–Kier alpha value is -0.850. The third-order valence-corrected chi connectivity index (χ3v) is 6.19. The van der Waals surface area contributed by atoms with Gasteiger partial charge in [0.05, 0.1) is 0 Å². The minimum absolute atomic E-state index is 1.21. The molecule has 1 aromatic rings. The topological polar surface area (TPSA) is 3.88 Å². The van der Waals surface area contributed by atoms with Gasteiger partial charge in [-0.15, -0.1) is 0 Å². The van der Waals surface area contributed by atoms with Crippen molar-refractivity contribution in [3.05, 3.63) is 29.6 Å². The fraction of sp³-hybridized carbons (Fsp3) is 0.821. The van der Waals surface area contributed by atoms with E-state index in [2.05, 4.69) is 43.8 Å². The van der Waals surface area contributed by atoms with Gasteiger partial charge in [0.2, 0.25) is 0 Å². The molecule has 1 nitrogen and oxygen atoms in total. The molecule has 0 atom stereocenters. The molecule has 0 N–H and O–H groups in total. The monoisotopic (exact) mass is 402 g/mol. The van der Waals surface area contributed by atoms with E-state index < -0.39 is 0 Å². The molecule has 168 valence electrons. The quantitative estimate of drug-likeness (QED) is 0.151. The molecule has 0 bridgehead atoms. The van der Waals surface area contributed by atoms with Crippen LogP contribution in [-0.4, -0.2) is 0 Å². The summed E-state index contributed by atoms with van der Waals surface area (Å²) in [4.78, 5) is 0. The van der Waals surface area contributed by atoms with E-state index >= 15 is 0 Å². The summed E-state index contributed by atoms with van der Waals surface area (Å²) in [5, 5.41) is 0. The molecule has 0 aliphatic carbocycles. The van der Waals surface area contributed by atoms with E-state index in [9.17, 15) is 0 Å². The van der Waals surface area contributed by atoms with Crippen LogP contribution in [-0.2, 0) is 19.4 Å². The van der Waals surface area contributed by atoms with Crippen LogP contribution in [0.3, 0.4) is 0 Å². The molecule has 1 heteroatoms. The lowest BCUT2D eigenvalue weighted by molar-refractivity contribution is -0.698. The average Bonchev–Trinajstić information content (AvgIpc) is 2.74. The van der Waals surface area contributed by atoms with Gasteiger partial charge in [-0.2, -0.15) is 0 Å². The van der Waals surface area contributed by atoms with E-state index in [0.29, 0.717) is 0 Å². The van der Waals surface area contributed by atoms with Gasteiger partial charge in [-0.1, -0.05) is 104 Å². The Morgan fingerprint density at radius 3 is 1.28 bits per heavy atom. The predicted molar refractivity (Wildman–Crippen MR) is 130 cm³/mol. The van der Waals surface area contributed by atoms with Crippen molar-refractivity contribution >= 4 is 0 Å². The normalized spacial score (nSPS) is 11.3. The predicted octanol–water partition coefficient (Wildman–Crippen LogP) is 8.75. The van der Waals surface area contributed by atoms with Crippen molar-refractivity contribution in [3.8, 4) is 0 Å². The van der Waals surface area contributed by atoms with E-state index in [1.54, 1.807) is 11.1 Å². The lowest BCUT2D eigenvalue weighted by Crippen LogP contribution is -2.34. The summed E-state index contributed by atoms with van der Waals surface area (Å²) in [6.45, 7) is 8.09. The Bertz CT molecular complexity index is 453. The Kier molecular flexibility index (Phi) is 17.3. The van der Waals surface area contributed by atoms with Gasteiger partial charge in [0.15, 0.2) is 12.4 Å². The summed E-state index contributed by atoms with van der Waals surface area (Å²) in [6, 6.07) is 2.46. The van der Waals surface area contributed by atoms with Crippen LogP contribution in [0.15, 0.2) is 18.5 Å². The largest absolute Gasteiger partial charge is 0.205 e. The van der Waals surface area contributed by atoms with Gasteiger partial charge in [0.1, 0.15) is 6.54 Å². The van der Waals surface area contributed by atoms with Crippen molar-refractivity contribution in [2.75, 3.05) is 0 Å². The van der Waals surface area contributed by atoms with Crippen LogP contribution in [0.1, 0.15) is 141 Å². The first kappa shape index (κ1) is 26.2. The highest BCUT2D eigenvalue weighted by Crippen LogP contribution is 2.13. The zero-order chi connectivity index (χ0) is 21.0. The van der Waals surface area contributed by atoms with Gasteiger partial charge in [0, 0.05) is 17.5 Å². The maximum Gasteiger partial charge on any atom is 0.171 e. The second kappa shape index (κ2) is 19.1. The number of unbranched alkanes of at least 4 members (excludes halogenated alkanes) is 14. The number of rotatable bonds is 20. The Morgan fingerprint density at radius 1 is 0.483 bits per heavy atom. The molecular weight excluding hydrogens is 350 g/mol. The minimum atomic E-state index is 1.21. The summed E-state index contributed by atoms with van der Waals surface area (Å²) in [5.74, 6) is 0. The maximum absolute atomic E-state index is 2.49. The van der Waals surface area contributed by atoms with Crippen molar-refractivity contribution < 1.29 is 4.57 Å². The Labute approximate surface area is 183 Å². The molecule has 0 spiro atoms. The van der Waals surface area contributed by atoms with E-state index in [4.69, 9.17) is 0 Å². The fourth-order valence-electron chi connectivity index (χ4n) is 4.25. The zero-order valence-electron chi connectivity index (χ0n) is 20.3. The Balaban J connectivity index is 2.13. The van der Waals surface area contributed by atoms with Crippen LogP contribution in [0, 0.1) is 0 Å². The molecule has 0 amide bonds. The van der Waals surface area contributed by atoms with Crippen LogP contribution in [0.5, 0.6) is 0 Å². The molecule has 1 heterocycles. The average molecular weight is 403 g/mol. The lowest BCUT2D eigenvalue weighted by atomic mass is 10.0. The SMILES string of the molecule is CCCCCCCCCCCCCCC[n+]1cc(CCCC)cc(CCCC)c1. The number of aromatic nitrogens is 1. The molecule has 0 aromatic carbocycles. The van der Waals surface area contributed by atoms with E-state index in [1.165, 1.54) is 129 Å². The molecule has 1 rings (SSSR count). The second-order valence-corrected chi connectivity index (χ2v) is 9.24. The first-order valence-corrected chi connectivity index (χ1v) is 13.3. The highest BCUT2D eigenvalue weighted by Gasteiger charge is 2.08. The summed E-state index contributed by atoms with van der Waals surface area (Å²) in [5.41, 5.74) is 3.10. The van der Waals surface area contributed by atoms with Crippen LogP contribution >= 0.6 is 0 Å². The van der Waals surface area contributed by atoms with Crippen molar-refractivity contribution in [1.82, 2.24) is 0 Å². The lowest BCUT2D eigenvalue weighted by Gasteiger charge is -2.06. The van der Waals surface area contributed by atoms with Gasteiger partial charge in [-0.25, -0.2) is 4.57 Å². The first-order chi connectivity index (χ1) is 14.3. The Morgan fingerprint density at radius 2 is 0.862 bits per heavy atom. The molecule has 1 aromatic heterocycles. The number of aryl methyl sites for hydroxylation is 3. The molecule has 0 unspecified atom stereocenters. The summed E-state index contributed by atoms with van der Waals surface area (Å²) >= 11 is 0.